The maximum atomic E-state index is 7.68. The lowest BCUT2D eigenvalue weighted by Crippen LogP contribution is -2.32. The lowest BCUT2D eigenvalue weighted by atomic mass is 9.65. The minimum absolute atomic E-state index is 0.530. The van der Waals surface area contributed by atoms with Gasteiger partial charge in [0.05, 0.1) is 21.7 Å². The molecular weight excluding hydrogens is 1710 g/mol. The Morgan fingerprint density at radius 3 is 0.942 bits per heavy atom. The molecule has 4 aliphatic carbocycles. The molecule has 4 nitrogen and oxygen atoms in total. The van der Waals surface area contributed by atoms with E-state index in [1.54, 1.807) is 0 Å². The first-order valence-electron chi connectivity index (χ1n) is 47.7. The van der Waals surface area contributed by atoms with E-state index in [9.17, 15) is 0 Å². The molecule has 22 aromatic carbocycles. The Morgan fingerprint density at radius 1 is 0.159 bits per heavy atom. The fourth-order valence-corrected chi connectivity index (χ4v) is 28.3. The topological polar surface area (TPSA) is 24.9 Å². The van der Waals surface area contributed by atoms with Gasteiger partial charge in [-0.2, -0.15) is 0 Å². The van der Waals surface area contributed by atoms with E-state index in [-0.39, 0.29) is 0 Å². The van der Waals surface area contributed by atoms with Crippen LogP contribution in [0.3, 0.4) is 0 Å². The van der Waals surface area contributed by atoms with Crippen molar-refractivity contribution < 1.29 is 9.47 Å². The largest absolute Gasteiger partial charge is 0.457 e. The second-order valence-corrected chi connectivity index (χ2v) is 39.9. The van der Waals surface area contributed by atoms with Gasteiger partial charge >= 0.3 is 0 Å². The summed E-state index contributed by atoms with van der Waals surface area (Å²) in [5, 5.41) is 4.71. The van der Waals surface area contributed by atoms with Crippen LogP contribution >= 0.6 is 23.5 Å². The van der Waals surface area contributed by atoms with E-state index in [1.807, 2.05) is 23.5 Å². The molecule has 0 radical (unpaired) electrons. The van der Waals surface area contributed by atoms with Gasteiger partial charge in [0.2, 0.25) is 0 Å². The predicted octanol–water partition coefficient (Wildman–Crippen LogP) is 34.5. The van der Waals surface area contributed by atoms with Crippen molar-refractivity contribution in [3.05, 3.63) is 574 Å². The number of fused-ring (bicyclic) bond motifs is 38. The zero-order chi connectivity index (χ0) is 90.3. The Bertz CT molecular complexity index is 8900. The molecule has 1 unspecified atom stereocenters. The van der Waals surface area contributed by atoms with Gasteiger partial charge in [-0.15, -0.1) is 0 Å². The van der Waals surface area contributed by atoms with Gasteiger partial charge in [0.1, 0.15) is 23.0 Å². The SMILES string of the molecule is c1ccc2c(c1)Oc1ccccc1C21c2ccccc2-c2ccc(N(c3ccc(-c4cccc5c(-c6cccc7c6Oc6ccccc6C76c7ccccc7-c7ccc(N(c8ccc(-c9ccc%10ccccc%10c9)cc8)c8ccc9c(c8)-c8ccccc8C98c9ccccc9Sc9ccccc98)cc76)cccc45)cc3)c3ccc4c(c3)-c3ccccc3C43c4ccccc4Sc4ccccc43)cc21. The highest BCUT2D eigenvalue weighted by molar-refractivity contribution is 7.99. The van der Waals surface area contributed by atoms with E-state index in [2.05, 4.69) is 495 Å². The van der Waals surface area contributed by atoms with Crippen molar-refractivity contribution in [3.63, 3.8) is 0 Å². The third-order valence-corrected chi connectivity index (χ3v) is 33.6. The van der Waals surface area contributed by atoms with Gasteiger partial charge in [0, 0.05) is 81.5 Å². The number of hydrogen-bond acceptors (Lipinski definition) is 6. The number of ether oxygens (including phenoxy) is 2. The predicted molar refractivity (Wildman–Crippen MR) is 565 cm³/mol. The van der Waals surface area contributed by atoms with Crippen LogP contribution in [0.2, 0.25) is 0 Å². The molecule has 642 valence electrons. The Labute approximate surface area is 808 Å². The molecule has 6 heteroatoms. The molecule has 0 bridgehead atoms. The standard InChI is InChI=1S/C132H80N2O2S2/c1-2-29-84-76-85(59-58-81(84)28-1)82-60-64-86(65-61-82)133(88-70-74-109-103(77-88)98-32-5-9-41-107(98)129(109)114-46-14-21-54-124(114)137-125-55-22-15-47-115(125)129)91-69-73-101-97-31-4-8-40-106(97)132(120(101)80-91)113-45-13-20-53-123(113)136-128-102(38-27-50-118(128)132)95-37-26-35-93-92(34-25-36-94(93)95)83-62-66-87(67-63-83)134(89-71-75-110-104(78-89)99-33-6-10-42-108(99)130(110)116-48-16-23-56-126(116)138-127-57-24-17-49-117(127)130)90-68-72-100-96-30-3-7-39-105(96)131(119(100)79-90)111-43-11-18-51-121(111)135-122-52-19-12-44-112(122)131/h1-80H. The summed E-state index contributed by atoms with van der Waals surface area (Å²) in [5.74, 6) is 3.40. The van der Waals surface area contributed by atoms with Crippen molar-refractivity contribution in [1.82, 2.24) is 0 Å². The molecule has 22 aromatic rings. The quantitative estimate of drug-likeness (QED) is 0.143. The molecule has 1 atom stereocenters. The lowest BCUT2D eigenvalue weighted by Gasteiger charge is -2.40. The second kappa shape index (κ2) is 29.4. The van der Waals surface area contributed by atoms with Gasteiger partial charge in [-0.25, -0.2) is 0 Å². The summed E-state index contributed by atoms with van der Waals surface area (Å²) in [6.07, 6.45) is 0. The first-order chi connectivity index (χ1) is 68.4. The van der Waals surface area contributed by atoms with Crippen molar-refractivity contribution in [2.45, 2.75) is 41.2 Å². The van der Waals surface area contributed by atoms with Crippen LogP contribution in [0.1, 0.15) is 89.0 Å². The molecule has 4 spiro atoms. The summed E-state index contributed by atoms with van der Waals surface area (Å²) >= 11 is 3.76. The minimum Gasteiger partial charge on any atom is -0.457 e. The van der Waals surface area contributed by atoms with Gasteiger partial charge in [-0.05, 0) is 282 Å². The Hall–Kier alpha value is -16.7. The van der Waals surface area contributed by atoms with Crippen molar-refractivity contribution >= 4 is 79.2 Å². The molecule has 30 rings (SSSR count). The first kappa shape index (κ1) is 77.7. The smallest absolute Gasteiger partial charge is 0.140 e. The molecule has 0 amide bonds. The van der Waals surface area contributed by atoms with Crippen molar-refractivity contribution in [1.29, 1.82) is 0 Å². The Morgan fingerprint density at radius 2 is 0.464 bits per heavy atom. The number of rotatable bonds is 9. The van der Waals surface area contributed by atoms with E-state index in [1.165, 1.54) is 147 Å². The fourth-order valence-electron chi connectivity index (χ4n) is 25.9. The zero-order valence-electron chi connectivity index (χ0n) is 74.7. The maximum Gasteiger partial charge on any atom is 0.140 e. The molecule has 0 aromatic heterocycles. The maximum absolute atomic E-state index is 7.68. The molecule has 4 aliphatic heterocycles. The zero-order valence-corrected chi connectivity index (χ0v) is 76.3. The summed E-state index contributed by atoms with van der Waals surface area (Å²) < 4.78 is 14.6. The van der Waals surface area contributed by atoms with Crippen LogP contribution in [0.15, 0.2) is 505 Å². The van der Waals surface area contributed by atoms with E-state index in [4.69, 9.17) is 9.47 Å². The lowest BCUT2D eigenvalue weighted by molar-refractivity contribution is 0.436. The number of benzene rings is 22. The normalized spacial score (nSPS) is 15.2. The van der Waals surface area contributed by atoms with Crippen LogP contribution < -0.4 is 19.3 Å². The molecule has 138 heavy (non-hydrogen) atoms. The summed E-state index contributed by atoms with van der Waals surface area (Å²) in [6, 6.07) is 183. The summed E-state index contributed by atoms with van der Waals surface area (Å²) in [4.78, 5) is 10.2. The molecule has 4 heterocycles. The van der Waals surface area contributed by atoms with Crippen LogP contribution in [0, 0.1) is 0 Å². The van der Waals surface area contributed by atoms with E-state index in [0.717, 1.165) is 118 Å². The summed E-state index contributed by atoms with van der Waals surface area (Å²) in [5.41, 5.74) is 40.0. The monoisotopic (exact) mass is 1790 g/mol. The molecule has 8 aliphatic rings. The average Bonchev–Trinajstić information content (AvgIpc) is 1.57. The number of anilines is 6. The molecule has 0 fully saturated rings. The van der Waals surface area contributed by atoms with E-state index < -0.39 is 21.7 Å². The molecule has 0 saturated carbocycles. The highest BCUT2D eigenvalue weighted by Gasteiger charge is 2.56. The number of nitrogens with zero attached hydrogens (tertiary/aromatic N) is 2. The van der Waals surface area contributed by atoms with Gasteiger partial charge in [-0.1, -0.05) is 388 Å². The van der Waals surface area contributed by atoms with Crippen LogP contribution in [-0.2, 0) is 21.7 Å². The van der Waals surface area contributed by atoms with Crippen molar-refractivity contribution in [2.24, 2.45) is 0 Å². The average molecular weight is 1790 g/mol. The van der Waals surface area contributed by atoms with Gasteiger partial charge < -0.3 is 19.3 Å². The van der Waals surface area contributed by atoms with E-state index >= 15 is 0 Å². The van der Waals surface area contributed by atoms with Crippen LogP contribution in [-0.4, -0.2) is 0 Å². The first-order valence-corrected chi connectivity index (χ1v) is 49.4. The highest BCUT2D eigenvalue weighted by atomic mass is 32.2. The Balaban J connectivity index is 0.572. The number of hydrogen-bond donors (Lipinski definition) is 0. The van der Waals surface area contributed by atoms with Crippen LogP contribution in [0.4, 0.5) is 34.1 Å². The summed E-state index contributed by atoms with van der Waals surface area (Å²) in [6.45, 7) is 0. The van der Waals surface area contributed by atoms with Crippen molar-refractivity contribution in [2.75, 3.05) is 9.80 Å². The van der Waals surface area contributed by atoms with Gasteiger partial charge in [0.25, 0.3) is 0 Å². The minimum atomic E-state index is -0.838. The number of para-hydroxylation sites is 4. The van der Waals surface area contributed by atoms with Gasteiger partial charge in [0.15, 0.2) is 0 Å². The van der Waals surface area contributed by atoms with Crippen molar-refractivity contribution in [3.8, 4) is 101 Å². The molecular formula is C132H80N2O2S2. The third kappa shape index (κ3) is 10.5. The summed E-state index contributed by atoms with van der Waals surface area (Å²) in [7, 11) is 0. The highest BCUT2D eigenvalue weighted by Crippen LogP contribution is 2.70. The molecule has 0 N–H and O–H groups in total. The van der Waals surface area contributed by atoms with Crippen LogP contribution in [0.25, 0.3) is 99.4 Å². The second-order valence-electron chi connectivity index (χ2n) is 37.7. The van der Waals surface area contributed by atoms with Crippen LogP contribution in [0.5, 0.6) is 23.0 Å². The Kier molecular flexibility index (Phi) is 16.5. The van der Waals surface area contributed by atoms with E-state index in [0.29, 0.717) is 0 Å². The van der Waals surface area contributed by atoms with Gasteiger partial charge in [-0.3, -0.25) is 0 Å². The third-order valence-electron chi connectivity index (χ3n) is 31.3. The fraction of sp³-hybridized carbons (Fsp3) is 0.0303. The molecule has 0 saturated heterocycles.